The Labute approximate surface area is 139 Å². The van der Waals surface area contributed by atoms with Gasteiger partial charge in [0.1, 0.15) is 0 Å². The fourth-order valence-electron chi connectivity index (χ4n) is 2.94. The van der Waals surface area contributed by atoms with Crippen LogP contribution in [-0.4, -0.2) is 61.6 Å². The Morgan fingerprint density at radius 2 is 1.70 bits per heavy atom. The van der Waals surface area contributed by atoms with Gasteiger partial charge in [0, 0.05) is 37.3 Å². The van der Waals surface area contributed by atoms with Crippen LogP contribution in [0, 0.1) is 0 Å². The lowest BCUT2D eigenvalue weighted by Crippen LogP contribution is -2.44. The molecule has 1 aliphatic heterocycles. The molecule has 1 aromatic rings. The number of rotatable bonds is 3. The van der Waals surface area contributed by atoms with Gasteiger partial charge in [-0.3, -0.25) is 9.69 Å². The van der Waals surface area contributed by atoms with Crippen LogP contribution in [0.5, 0.6) is 11.5 Å². The summed E-state index contributed by atoms with van der Waals surface area (Å²) < 4.78 is 10.5. The van der Waals surface area contributed by atoms with Gasteiger partial charge in [-0.2, -0.15) is 0 Å². The van der Waals surface area contributed by atoms with Crippen molar-refractivity contribution in [2.75, 3.05) is 40.4 Å². The minimum absolute atomic E-state index is 0.0571. The van der Waals surface area contributed by atoms with E-state index in [1.54, 1.807) is 32.4 Å². The van der Waals surface area contributed by atoms with E-state index in [1.807, 2.05) is 4.90 Å². The Morgan fingerprint density at radius 1 is 1.00 bits per heavy atom. The molecule has 1 aromatic carbocycles. The summed E-state index contributed by atoms with van der Waals surface area (Å²) >= 11 is 0. The molecule has 0 radical (unpaired) electrons. The number of methoxy groups -OCH3 is 2. The molecule has 23 heavy (non-hydrogen) atoms. The zero-order valence-electron chi connectivity index (χ0n) is 14.9. The monoisotopic (exact) mass is 320 g/mol. The second-order valence-corrected chi connectivity index (χ2v) is 6.87. The number of ether oxygens (including phenoxy) is 2. The lowest BCUT2D eigenvalue weighted by molar-refractivity contribution is 0.0749. The first-order valence-corrected chi connectivity index (χ1v) is 8.13. The Bertz CT molecular complexity index is 552. The first-order chi connectivity index (χ1) is 10.9. The van der Waals surface area contributed by atoms with E-state index >= 15 is 0 Å². The molecule has 0 spiro atoms. The summed E-state index contributed by atoms with van der Waals surface area (Å²) in [7, 11) is 3.18. The highest BCUT2D eigenvalue weighted by Gasteiger charge is 2.26. The van der Waals surface area contributed by atoms with E-state index in [0.717, 1.165) is 32.6 Å². The Hall–Kier alpha value is -1.75. The fourth-order valence-corrected chi connectivity index (χ4v) is 2.94. The maximum Gasteiger partial charge on any atom is 0.254 e. The van der Waals surface area contributed by atoms with E-state index in [-0.39, 0.29) is 11.4 Å². The highest BCUT2D eigenvalue weighted by atomic mass is 16.5. The maximum absolute atomic E-state index is 12.8. The molecule has 1 aliphatic rings. The highest BCUT2D eigenvalue weighted by molar-refractivity contribution is 5.95. The summed E-state index contributed by atoms with van der Waals surface area (Å²) in [5.41, 5.74) is 0.787. The molecule has 0 aromatic heterocycles. The largest absolute Gasteiger partial charge is 0.493 e. The summed E-state index contributed by atoms with van der Waals surface area (Å²) in [5, 5.41) is 0. The summed E-state index contributed by atoms with van der Waals surface area (Å²) in [6, 6.07) is 5.34. The molecule has 0 aliphatic carbocycles. The lowest BCUT2D eigenvalue weighted by atomic mass is 10.1. The van der Waals surface area contributed by atoms with Crippen molar-refractivity contribution in [2.45, 2.75) is 32.7 Å². The molecule has 5 heteroatoms. The zero-order chi connectivity index (χ0) is 17.0. The van der Waals surface area contributed by atoms with Gasteiger partial charge >= 0.3 is 0 Å². The first kappa shape index (κ1) is 17.6. The molecule has 0 N–H and O–H groups in total. The number of nitrogens with zero attached hydrogens (tertiary/aromatic N) is 2. The Kier molecular flexibility index (Phi) is 5.52. The van der Waals surface area contributed by atoms with Crippen molar-refractivity contribution in [3.8, 4) is 11.5 Å². The van der Waals surface area contributed by atoms with Crippen LogP contribution in [-0.2, 0) is 0 Å². The van der Waals surface area contributed by atoms with Gasteiger partial charge in [-0.25, -0.2) is 0 Å². The number of carbonyl (C=O) groups excluding carboxylic acids is 1. The molecular formula is C18H28N2O3. The summed E-state index contributed by atoms with van der Waals surface area (Å²) in [5.74, 6) is 1.28. The van der Waals surface area contributed by atoms with Crippen LogP contribution >= 0.6 is 0 Å². The van der Waals surface area contributed by atoms with E-state index in [1.165, 1.54) is 0 Å². The molecule has 2 rings (SSSR count). The quantitative estimate of drug-likeness (QED) is 0.859. The predicted molar refractivity (Wildman–Crippen MR) is 91.4 cm³/mol. The van der Waals surface area contributed by atoms with Gasteiger partial charge in [0.15, 0.2) is 11.5 Å². The van der Waals surface area contributed by atoms with E-state index in [4.69, 9.17) is 9.47 Å². The van der Waals surface area contributed by atoms with Crippen LogP contribution in [0.15, 0.2) is 18.2 Å². The zero-order valence-corrected chi connectivity index (χ0v) is 14.9. The van der Waals surface area contributed by atoms with E-state index in [2.05, 4.69) is 25.7 Å². The third-order valence-electron chi connectivity index (χ3n) is 4.36. The summed E-state index contributed by atoms with van der Waals surface area (Å²) in [6.45, 7) is 10.1. The van der Waals surface area contributed by atoms with Crippen molar-refractivity contribution < 1.29 is 14.3 Å². The van der Waals surface area contributed by atoms with Crippen molar-refractivity contribution in [3.63, 3.8) is 0 Å². The molecule has 1 saturated heterocycles. The molecule has 0 saturated carbocycles. The van der Waals surface area contributed by atoms with Gasteiger partial charge in [-0.1, -0.05) is 0 Å². The number of hydrogen-bond acceptors (Lipinski definition) is 4. The van der Waals surface area contributed by atoms with E-state index < -0.39 is 0 Å². The van der Waals surface area contributed by atoms with Gasteiger partial charge in [0.25, 0.3) is 5.91 Å². The maximum atomic E-state index is 12.8. The third-order valence-corrected chi connectivity index (χ3v) is 4.36. The van der Waals surface area contributed by atoms with Crippen molar-refractivity contribution in [2.24, 2.45) is 0 Å². The van der Waals surface area contributed by atoms with Gasteiger partial charge in [0.05, 0.1) is 14.2 Å². The standard InChI is InChI=1S/C18H28N2O3/c1-18(2,3)20-10-6-9-19(11-12-20)17(21)14-7-8-15(22-4)16(13-14)23-5/h7-8,13H,6,9-12H2,1-5H3. The normalized spacial score (nSPS) is 16.8. The van der Waals surface area contributed by atoms with E-state index in [9.17, 15) is 4.79 Å². The molecule has 0 unspecified atom stereocenters. The molecule has 1 fully saturated rings. The number of benzene rings is 1. The summed E-state index contributed by atoms with van der Waals surface area (Å²) in [6.07, 6.45) is 0.996. The Balaban J connectivity index is 2.11. The van der Waals surface area contributed by atoms with Gasteiger partial charge in [-0.15, -0.1) is 0 Å². The molecule has 0 atom stereocenters. The molecule has 1 amide bonds. The number of amides is 1. The predicted octanol–water partition coefficient (Wildman–Crippen LogP) is 2.65. The SMILES string of the molecule is COc1ccc(C(=O)N2CCCN(C(C)(C)C)CC2)cc1OC. The molecule has 5 nitrogen and oxygen atoms in total. The van der Waals surface area contributed by atoms with Gasteiger partial charge < -0.3 is 14.4 Å². The van der Waals surface area contributed by atoms with Gasteiger partial charge in [-0.05, 0) is 45.4 Å². The van der Waals surface area contributed by atoms with Gasteiger partial charge in [0.2, 0.25) is 0 Å². The second kappa shape index (κ2) is 7.21. The van der Waals surface area contributed by atoms with Crippen LogP contribution < -0.4 is 9.47 Å². The highest BCUT2D eigenvalue weighted by Crippen LogP contribution is 2.28. The van der Waals surface area contributed by atoms with Crippen LogP contribution in [0.4, 0.5) is 0 Å². The second-order valence-electron chi connectivity index (χ2n) is 6.87. The average Bonchev–Trinajstić information content (AvgIpc) is 2.79. The molecule has 0 bridgehead atoms. The van der Waals surface area contributed by atoms with Crippen molar-refractivity contribution in [1.82, 2.24) is 9.80 Å². The number of hydrogen-bond donors (Lipinski definition) is 0. The minimum atomic E-state index is 0.0571. The molecular weight excluding hydrogens is 292 g/mol. The van der Waals surface area contributed by atoms with Crippen molar-refractivity contribution in [1.29, 1.82) is 0 Å². The van der Waals surface area contributed by atoms with Crippen LogP contribution in [0.3, 0.4) is 0 Å². The average molecular weight is 320 g/mol. The summed E-state index contributed by atoms with van der Waals surface area (Å²) in [4.78, 5) is 17.2. The topological polar surface area (TPSA) is 42.0 Å². The smallest absolute Gasteiger partial charge is 0.254 e. The van der Waals surface area contributed by atoms with Crippen LogP contribution in [0.25, 0.3) is 0 Å². The van der Waals surface area contributed by atoms with Crippen LogP contribution in [0.2, 0.25) is 0 Å². The van der Waals surface area contributed by atoms with Crippen LogP contribution in [0.1, 0.15) is 37.6 Å². The van der Waals surface area contributed by atoms with Crippen molar-refractivity contribution in [3.05, 3.63) is 23.8 Å². The first-order valence-electron chi connectivity index (χ1n) is 8.13. The number of carbonyl (C=O) groups is 1. The molecule has 1 heterocycles. The fraction of sp³-hybridized carbons (Fsp3) is 0.611. The lowest BCUT2D eigenvalue weighted by Gasteiger charge is -2.34. The van der Waals surface area contributed by atoms with Crippen molar-refractivity contribution >= 4 is 5.91 Å². The minimum Gasteiger partial charge on any atom is -0.493 e. The Morgan fingerprint density at radius 3 is 2.30 bits per heavy atom. The molecule has 128 valence electrons. The third kappa shape index (κ3) is 4.16. The van der Waals surface area contributed by atoms with E-state index in [0.29, 0.717) is 17.1 Å².